The van der Waals surface area contributed by atoms with Crippen molar-refractivity contribution in [1.29, 1.82) is 5.26 Å². The molecule has 1 N–H and O–H groups in total. The van der Waals surface area contributed by atoms with Crippen molar-refractivity contribution in [3.63, 3.8) is 0 Å². The fourth-order valence-corrected chi connectivity index (χ4v) is 1.76. The number of nitrogens with one attached hydrogen (secondary N) is 1. The molecule has 0 amide bonds. The average Bonchev–Trinajstić information content (AvgIpc) is 2.27. The first kappa shape index (κ1) is 9.20. The molecule has 3 nitrogen and oxygen atoms in total. The Balaban J connectivity index is 2.42. The van der Waals surface area contributed by atoms with E-state index in [4.69, 9.17) is 10.00 Å². The summed E-state index contributed by atoms with van der Waals surface area (Å²) in [5.74, 6) is 0. The van der Waals surface area contributed by atoms with Crippen molar-refractivity contribution >= 4 is 0 Å². The predicted molar refractivity (Wildman–Crippen MR) is 52.6 cm³/mol. The molecule has 0 saturated heterocycles. The van der Waals surface area contributed by atoms with E-state index >= 15 is 0 Å². The monoisotopic (exact) mass is 188 g/mol. The zero-order valence-corrected chi connectivity index (χ0v) is 8.08. The van der Waals surface area contributed by atoms with Crippen molar-refractivity contribution in [3.8, 4) is 6.07 Å². The quantitative estimate of drug-likeness (QED) is 0.723. The fourth-order valence-electron chi connectivity index (χ4n) is 1.76. The average molecular weight is 188 g/mol. The molecular weight excluding hydrogens is 176 g/mol. The number of ether oxygens (including phenoxy) is 1. The van der Waals surface area contributed by atoms with E-state index in [0.717, 1.165) is 5.56 Å². The van der Waals surface area contributed by atoms with Crippen molar-refractivity contribution in [2.45, 2.75) is 12.6 Å². The summed E-state index contributed by atoms with van der Waals surface area (Å²) >= 11 is 0. The van der Waals surface area contributed by atoms with E-state index in [2.05, 4.69) is 11.4 Å². The SMILES string of the molecule is CNC1COCc2cc(C#N)ccc21. The maximum absolute atomic E-state index is 8.76. The van der Waals surface area contributed by atoms with Crippen LogP contribution < -0.4 is 5.32 Å². The highest BCUT2D eigenvalue weighted by molar-refractivity contribution is 5.40. The number of likely N-dealkylation sites (N-methyl/N-ethyl adjacent to an activating group) is 1. The Morgan fingerprint density at radius 2 is 2.43 bits per heavy atom. The van der Waals surface area contributed by atoms with E-state index < -0.39 is 0 Å². The second-order valence-corrected chi connectivity index (χ2v) is 3.38. The lowest BCUT2D eigenvalue weighted by atomic mass is 9.97. The summed E-state index contributed by atoms with van der Waals surface area (Å²) in [7, 11) is 1.92. The van der Waals surface area contributed by atoms with Crippen LogP contribution in [0.5, 0.6) is 0 Å². The summed E-state index contributed by atoms with van der Waals surface area (Å²) in [6.45, 7) is 1.32. The minimum Gasteiger partial charge on any atom is -0.375 e. The maximum atomic E-state index is 8.76. The second kappa shape index (κ2) is 3.79. The molecule has 14 heavy (non-hydrogen) atoms. The zero-order chi connectivity index (χ0) is 9.97. The van der Waals surface area contributed by atoms with Gasteiger partial charge in [0.15, 0.2) is 0 Å². The number of rotatable bonds is 1. The third-order valence-electron chi connectivity index (χ3n) is 2.54. The highest BCUT2D eigenvalue weighted by Gasteiger charge is 2.18. The number of benzene rings is 1. The van der Waals surface area contributed by atoms with Crippen LogP contribution in [0.1, 0.15) is 22.7 Å². The van der Waals surface area contributed by atoms with Crippen molar-refractivity contribution in [2.24, 2.45) is 0 Å². The van der Waals surface area contributed by atoms with Gasteiger partial charge in [-0.3, -0.25) is 0 Å². The number of hydrogen-bond donors (Lipinski definition) is 1. The lowest BCUT2D eigenvalue weighted by Gasteiger charge is -2.25. The summed E-state index contributed by atoms with van der Waals surface area (Å²) in [6, 6.07) is 8.16. The summed E-state index contributed by atoms with van der Waals surface area (Å²) in [6.07, 6.45) is 0. The third-order valence-corrected chi connectivity index (χ3v) is 2.54. The molecule has 1 aromatic carbocycles. The van der Waals surface area contributed by atoms with Crippen LogP contribution in [0, 0.1) is 11.3 Å². The van der Waals surface area contributed by atoms with Gasteiger partial charge in [0.1, 0.15) is 0 Å². The van der Waals surface area contributed by atoms with Crippen LogP contribution >= 0.6 is 0 Å². The smallest absolute Gasteiger partial charge is 0.0991 e. The predicted octanol–water partition coefficient (Wildman–Crippen LogP) is 1.35. The van der Waals surface area contributed by atoms with Gasteiger partial charge in [0.2, 0.25) is 0 Å². The van der Waals surface area contributed by atoms with Gasteiger partial charge in [-0.25, -0.2) is 0 Å². The first-order valence-corrected chi connectivity index (χ1v) is 4.63. The molecule has 72 valence electrons. The number of nitrogens with zero attached hydrogens (tertiary/aromatic N) is 1. The van der Waals surface area contributed by atoms with Crippen LogP contribution in [0.2, 0.25) is 0 Å². The molecule has 0 fully saturated rings. The van der Waals surface area contributed by atoms with Crippen molar-refractivity contribution < 1.29 is 4.74 Å². The minimum absolute atomic E-state index is 0.256. The Bertz CT molecular complexity index is 381. The van der Waals surface area contributed by atoms with Gasteiger partial charge in [0, 0.05) is 0 Å². The van der Waals surface area contributed by atoms with Crippen LogP contribution in [-0.2, 0) is 11.3 Å². The van der Waals surface area contributed by atoms with Gasteiger partial charge in [0.05, 0.1) is 30.9 Å². The number of fused-ring (bicyclic) bond motifs is 1. The van der Waals surface area contributed by atoms with Crippen LogP contribution in [0.4, 0.5) is 0 Å². The molecule has 1 aliphatic rings. The molecule has 1 unspecified atom stereocenters. The van der Waals surface area contributed by atoms with E-state index in [1.54, 1.807) is 0 Å². The summed E-state index contributed by atoms with van der Waals surface area (Å²) in [4.78, 5) is 0. The Hall–Kier alpha value is -1.37. The largest absolute Gasteiger partial charge is 0.375 e. The molecule has 2 rings (SSSR count). The topological polar surface area (TPSA) is 45.0 Å². The lowest BCUT2D eigenvalue weighted by Crippen LogP contribution is -2.26. The van der Waals surface area contributed by atoms with Gasteiger partial charge < -0.3 is 10.1 Å². The number of hydrogen-bond acceptors (Lipinski definition) is 3. The molecule has 3 heteroatoms. The van der Waals surface area contributed by atoms with Gasteiger partial charge in [-0.1, -0.05) is 6.07 Å². The molecule has 0 saturated carbocycles. The molecule has 1 aliphatic heterocycles. The Labute approximate surface area is 83.3 Å². The molecule has 1 atom stereocenters. The Kier molecular flexibility index (Phi) is 2.49. The third kappa shape index (κ3) is 1.50. The standard InChI is InChI=1S/C11H12N2O/c1-13-11-7-14-6-9-4-8(5-12)2-3-10(9)11/h2-4,11,13H,6-7H2,1H3. The summed E-state index contributed by atoms with van der Waals surface area (Å²) < 4.78 is 5.43. The van der Waals surface area contributed by atoms with E-state index in [1.807, 2.05) is 25.2 Å². The molecule has 0 radical (unpaired) electrons. The maximum Gasteiger partial charge on any atom is 0.0991 e. The van der Waals surface area contributed by atoms with Gasteiger partial charge >= 0.3 is 0 Å². The Morgan fingerprint density at radius 1 is 1.57 bits per heavy atom. The summed E-state index contributed by atoms with van der Waals surface area (Å²) in [5, 5.41) is 11.9. The highest BCUT2D eigenvalue weighted by atomic mass is 16.5. The van der Waals surface area contributed by atoms with Crippen LogP contribution in [0.25, 0.3) is 0 Å². The first-order valence-electron chi connectivity index (χ1n) is 4.63. The normalized spacial score (nSPS) is 19.9. The first-order chi connectivity index (χ1) is 6.85. The minimum atomic E-state index is 0.256. The van der Waals surface area contributed by atoms with E-state index in [-0.39, 0.29) is 6.04 Å². The van der Waals surface area contributed by atoms with Crippen molar-refractivity contribution in [3.05, 3.63) is 34.9 Å². The zero-order valence-electron chi connectivity index (χ0n) is 8.08. The van der Waals surface area contributed by atoms with Gasteiger partial charge in [0.25, 0.3) is 0 Å². The van der Waals surface area contributed by atoms with Crippen molar-refractivity contribution in [1.82, 2.24) is 5.32 Å². The van der Waals surface area contributed by atoms with Gasteiger partial charge in [-0.2, -0.15) is 5.26 Å². The van der Waals surface area contributed by atoms with Crippen molar-refractivity contribution in [2.75, 3.05) is 13.7 Å². The van der Waals surface area contributed by atoms with E-state index in [0.29, 0.717) is 18.8 Å². The second-order valence-electron chi connectivity index (χ2n) is 3.38. The molecular formula is C11H12N2O. The summed E-state index contributed by atoms with van der Waals surface area (Å²) in [5.41, 5.74) is 3.07. The molecule has 0 bridgehead atoms. The molecule has 1 aromatic rings. The van der Waals surface area contributed by atoms with Gasteiger partial charge in [-0.15, -0.1) is 0 Å². The van der Waals surface area contributed by atoms with E-state index in [1.165, 1.54) is 5.56 Å². The molecule has 0 aliphatic carbocycles. The Morgan fingerprint density at radius 3 is 3.14 bits per heavy atom. The van der Waals surface area contributed by atoms with Crippen LogP contribution in [0.3, 0.4) is 0 Å². The van der Waals surface area contributed by atoms with Crippen LogP contribution in [0.15, 0.2) is 18.2 Å². The number of nitriles is 1. The lowest BCUT2D eigenvalue weighted by molar-refractivity contribution is 0.0844. The molecule has 0 aromatic heterocycles. The highest BCUT2D eigenvalue weighted by Crippen LogP contribution is 2.25. The van der Waals surface area contributed by atoms with E-state index in [9.17, 15) is 0 Å². The molecule has 1 heterocycles. The van der Waals surface area contributed by atoms with Crippen LogP contribution in [-0.4, -0.2) is 13.7 Å². The molecule has 0 spiro atoms. The fraction of sp³-hybridized carbons (Fsp3) is 0.364. The van der Waals surface area contributed by atoms with Gasteiger partial charge in [-0.05, 0) is 30.3 Å².